The van der Waals surface area contributed by atoms with Crippen LogP contribution in [0.3, 0.4) is 0 Å². The van der Waals surface area contributed by atoms with E-state index in [0.717, 1.165) is 51.4 Å². The van der Waals surface area contributed by atoms with Gasteiger partial charge in [0.1, 0.15) is 0 Å². The van der Waals surface area contributed by atoms with Gasteiger partial charge in [-0.05, 0) is 25.7 Å². The standard InChI is InChI=1S/C58H120N2O6/c1-5-9-13-17-21-25-29-33-37-41-55(61)51-59(52-56(62)42-38-34-30-26-22-18-14-10-6-2)45-47-65-49-50-66-48-46-60(53-57(63)43-39-35-31-27-23-19-15-11-7-3)54-58(64)44-40-36-32-28-24-20-16-12-8-4/h55-58,61-64H,5-54H2,1-4H3. The quantitative estimate of drug-likeness (QED) is 0.0447. The fourth-order valence-electron chi connectivity index (χ4n) is 9.54. The summed E-state index contributed by atoms with van der Waals surface area (Å²) >= 11 is 0. The predicted molar refractivity (Wildman–Crippen MR) is 286 cm³/mol. The van der Waals surface area contributed by atoms with Crippen LogP contribution in [0.1, 0.15) is 285 Å². The Morgan fingerprint density at radius 1 is 0.258 bits per heavy atom. The SMILES string of the molecule is CCCCCCCCCCCC(O)CN(CCOCCOCCN(CC(O)CCCCCCCCCCC)CC(O)CCCCCCCCCCC)CC(O)CCCCCCCCCCC. The third-order valence-corrected chi connectivity index (χ3v) is 13.9. The summed E-state index contributed by atoms with van der Waals surface area (Å²) in [5.41, 5.74) is 0. The first kappa shape index (κ1) is 65.7. The summed E-state index contributed by atoms with van der Waals surface area (Å²) in [4.78, 5) is 4.44. The molecule has 0 radical (unpaired) electrons. The molecule has 0 heterocycles. The Morgan fingerprint density at radius 3 is 0.636 bits per heavy atom. The molecule has 4 unspecified atom stereocenters. The zero-order valence-corrected chi connectivity index (χ0v) is 45.2. The van der Waals surface area contributed by atoms with Crippen molar-refractivity contribution in [2.75, 3.05) is 65.7 Å². The van der Waals surface area contributed by atoms with Gasteiger partial charge in [0.15, 0.2) is 0 Å². The topological polar surface area (TPSA) is 106 Å². The van der Waals surface area contributed by atoms with Crippen LogP contribution in [0, 0.1) is 0 Å². The van der Waals surface area contributed by atoms with Crippen LogP contribution in [0.5, 0.6) is 0 Å². The maximum absolute atomic E-state index is 11.0. The van der Waals surface area contributed by atoms with E-state index in [4.69, 9.17) is 9.47 Å². The summed E-state index contributed by atoms with van der Waals surface area (Å²) in [7, 11) is 0. The molecule has 0 bridgehead atoms. The minimum absolute atomic E-state index is 0.381. The molecule has 4 atom stereocenters. The second kappa shape index (κ2) is 54.0. The van der Waals surface area contributed by atoms with Crippen LogP contribution in [0.25, 0.3) is 0 Å². The molecule has 66 heavy (non-hydrogen) atoms. The van der Waals surface area contributed by atoms with Crippen molar-refractivity contribution in [3.05, 3.63) is 0 Å². The van der Waals surface area contributed by atoms with Gasteiger partial charge in [0, 0.05) is 39.3 Å². The van der Waals surface area contributed by atoms with Crippen molar-refractivity contribution in [1.29, 1.82) is 0 Å². The van der Waals surface area contributed by atoms with Crippen molar-refractivity contribution < 1.29 is 29.9 Å². The smallest absolute Gasteiger partial charge is 0.0701 e. The number of aliphatic hydroxyl groups is 4. The maximum Gasteiger partial charge on any atom is 0.0701 e. The summed E-state index contributed by atoms with van der Waals surface area (Å²) in [6.07, 6.45) is 47.8. The Morgan fingerprint density at radius 2 is 0.439 bits per heavy atom. The number of nitrogens with zero attached hydrogens (tertiary/aromatic N) is 2. The Kier molecular flexibility index (Phi) is 53.8. The van der Waals surface area contributed by atoms with E-state index in [1.165, 1.54) is 205 Å². The van der Waals surface area contributed by atoms with Crippen LogP contribution in [0.15, 0.2) is 0 Å². The highest BCUT2D eigenvalue weighted by molar-refractivity contribution is 4.72. The van der Waals surface area contributed by atoms with Gasteiger partial charge in [0.25, 0.3) is 0 Å². The van der Waals surface area contributed by atoms with Crippen molar-refractivity contribution in [2.24, 2.45) is 0 Å². The maximum atomic E-state index is 11.0. The van der Waals surface area contributed by atoms with Crippen molar-refractivity contribution in [3.8, 4) is 0 Å². The largest absolute Gasteiger partial charge is 0.392 e. The van der Waals surface area contributed by atoms with Crippen LogP contribution in [-0.4, -0.2) is 120 Å². The summed E-state index contributed by atoms with van der Waals surface area (Å²) < 4.78 is 12.1. The Balaban J connectivity index is 4.81. The molecule has 0 aliphatic heterocycles. The number of hydrogen-bond acceptors (Lipinski definition) is 8. The average Bonchev–Trinajstić information content (AvgIpc) is 3.30. The van der Waals surface area contributed by atoms with Gasteiger partial charge in [-0.3, -0.25) is 9.80 Å². The van der Waals surface area contributed by atoms with Crippen molar-refractivity contribution in [1.82, 2.24) is 9.80 Å². The van der Waals surface area contributed by atoms with Gasteiger partial charge in [-0.2, -0.15) is 0 Å². The first-order chi connectivity index (χ1) is 32.4. The minimum atomic E-state index is -0.381. The fraction of sp³-hybridized carbons (Fsp3) is 1.00. The lowest BCUT2D eigenvalue weighted by Crippen LogP contribution is -2.40. The van der Waals surface area contributed by atoms with E-state index in [1.54, 1.807) is 0 Å². The Bertz CT molecular complexity index is 770. The molecule has 398 valence electrons. The number of aliphatic hydroxyl groups excluding tert-OH is 4. The number of unbranched alkanes of at least 4 members (excludes halogenated alkanes) is 32. The summed E-state index contributed by atoms with van der Waals surface area (Å²) in [5.74, 6) is 0. The number of hydrogen-bond donors (Lipinski definition) is 4. The predicted octanol–water partition coefficient (Wildman–Crippen LogP) is 14.8. The first-order valence-electron chi connectivity index (χ1n) is 29.7. The van der Waals surface area contributed by atoms with Gasteiger partial charge in [0.05, 0.1) is 50.8 Å². The molecule has 0 aromatic heterocycles. The molecule has 0 saturated heterocycles. The van der Waals surface area contributed by atoms with Gasteiger partial charge in [0.2, 0.25) is 0 Å². The monoisotopic (exact) mass is 941 g/mol. The minimum Gasteiger partial charge on any atom is -0.392 e. The molecule has 0 aromatic carbocycles. The molecule has 8 nitrogen and oxygen atoms in total. The van der Waals surface area contributed by atoms with E-state index >= 15 is 0 Å². The van der Waals surface area contributed by atoms with Crippen molar-refractivity contribution in [2.45, 2.75) is 309 Å². The summed E-state index contributed by atoms with van der Waals surface area (Å²) in [6, 6.07) is 0. The first-order valence-corrected chi connectivity index (χ1v) is 29.7. The van der Waals surface area contributed by atoms with Gasteiger partial charge in [-0.1, -0.05) is 259 Å². The van der Waals surface area contributed by atoms with Gasteiger partial charge in [-0.15, -0.1) is 0 Å². The fourth-order valence-corrected chi connectivity index (χ4v) is 9.54. The molecular weight excluding hydrogens is 821 g/mol. The van der Waals surface area contributed by atoms with Gasteiger partial charge < -0.3 is 29.9 Å². The van der Waals surface area contributed by atoms with Gasteiger partial charge in [-0.25, -0.2) is 0 Å². The van der Waals surface area contributed by atoms with Gasteiger partial charge >= 0.3 is 0 Å². The van der Waals surface area contributed by atoms with Crippen LogP contribution >= 0.6 is 0 Å². The zero-order chi connectivity index (χ0) is 48.2. The lowest BCUT2D eigenvalue weighted by molar-refractivity contribution is 0.00694. The number of rotatable bonds is 57. The third-order valence-electron chi connectivity index (χ3n) is 13.9. The third kappa shape index (κ3) is 50.1. The van der Waals surface area contributed by atoms with Crippen molar-refractivity contribution in [3.63, 3.8) is 0 Å². The highest BCUT2D eigenvalue weighted by Gasteiger charge is 2.18. The summed E-state index contributed by atoms with van der Waals surface area (Å²) in [6.45, 7) is 14.9. The van der Waals surface area contributed by atoms with E-state index in [2.05, 4.69) is 37.5 Å². The van der Waals surface area contributed by atoms with Crippen LogP contribution in [0.2, 0.25) is 0 Å². The summed E-state index contributed by atoms with van der Waals surface area (Å²) in [5, 5.41) is 44.1. The second-order valence-corrected chi connectivity index (χ2v) is 20.8. The van der Waals surface area contributed by atoms with E-state index in [1.807, 2.05) is 0 Å². The Labute approximate surface area is 412 Å². The normalized spacial score (nSPS) is 13.9. The lowest BCUT2D eigenvalue weighted by Gasteiger charge is -2.28. The van der Waals surface area contributed by atoms with Crippen LogP contribution < -0.4 is 0 Å². The molecule has 0 aromatic rings. The van der Waals surface area contributed by atoms with E-state index in [9.17, 15) is 20.4 Å². The molecule has 0 fully saturated rings. The highest BCUT2D eigenvalue weighted by atomic mass is 16.5. The molecule has 4 N–H and O–H groups in total. The Hall–Kier alpha value is -0.320. The zero-order valence-electron chi connectivity index (χ0n) is 45.2. The molecule has 0 amide bonds. The van der Waals surface area contributed by atoms with E-state index in [0.29, 0.717) is 65.7 Å². The highest BCUT2D eigenvalue weighted by Crippen LogP contribution is 2.17. The van der Waals surface area contributed by atoms with Crippen LogP contribution in [0.4, 0.5) is 0 Å². The van der Waals surface area contributed by atoms with Crippen molar-refractivity contribution >= 4 is 0 Å². The molecule has 0 spiro atoms. The molecule has 8 heteroatoms. The molecule has 0 aliphatic rings. The van der Waals surface area contributed by atoms with E-state index < -0.39 is 0 Å². The van der Waals surface area contributed by atoms with Crippen LogP contribution in [-0.2, 0) is 9.47 Å². The van der Waals surface area contributed by atoms with E-state index in [-0.39, 0.29) is 24.4 Å². The lowest BCUT2D eigenvalue weighted by atomic mass is 10.0. The molecule has 0 aliphatic carbocycles. The molecular formula is C58H120N2O6. The average molecular weight is 942 g/mol. The molecule has 0 saturated carbocycles. The second-order valence-electron chi connectivity index (χ2n) is 20.8. The number of ether oxygens (including phenoxy) is 2. The molecule has 0 rings (SSSR count).